The van der Waals surface area contributed by atoms with Crippen LogP contribution in [0.2, 0.25) is 0 Å². The number of hydrogen-bond acceptors (Lipinski definition) is 5. The lowest BCUT2D eigenvalue weighted by Gasteiger charge is -2.12. The van der Waals surface area contributed by atoms with Gasteiger partial charge < -0.3 is 14.8 Å². The standard InChI is InChI=1S/C13H19N3O3/c17-6-5-16-7-10-11(8-16)19-13(15-10)12(18)14-9-3-1-2-4-9/h9,17H,1-8H2,(H,14,18). The maximum atomic E-state index is 12.0. The molecule has 0 spiro atoms. The van der Waals surface area contributed by atoms with E-state index >= 15 is 0 Å². The van der Waals surface area contributed by atoms with Crippen molar-refractivity contribution < 1.29 is 14.3 Å². The zero-order chi connectivity index (χ0) is 13.2. The molecule has 1 amide bonds. The molecule has 1 aliphatic carbocycles. The molecule has 2 aliphatic rings. The number of carbonyl (C=O) groups is 1. The van der Waals surface area contributed by atoms with E-state index in [0.717, 1.165) is 24.3 Å². The number of nitrogens with one attached hydrogen (secondary N) is 1. The first-order chi connectivity index (χ1) is 9.26. The molecule has 2 heterocycles. The van der Waals surface area contributed by atoms with Crippen molar-refractivity contribution in [3.63, 3.8) is 0 Å². The Morgan fingerprint density at radius 2 is 2.21 bits per heavy atom. The maximum Gasteiger partial charge on any atom is 0.307 e. The number of carbonyl (C=O) groups excluding carboxylic acids is 1. The Morgan fingerprint density at radius 3 is 2.89 bits per heavy atom. The lowest BCUT2D eigenvalue weighted by atomic mass is 10.2. The number of aliphatic hydroxyl groups is 1. The number of oxazole rings is 1. The van der Waals surface area contributed by atoms with Gasteiger partial charge in [0.05, 0.1) is 18.8 Å². The van der Waals surface area contributed by atoms with E-state index in [1.165, 1.54) is 12.8 Å². The number of nitrogens with zero attached hydrogens (tertiary/aromatic N) is 2. The fourth-order valence-corrected chi connectivity index (χ4v) is 2.82. The van der Waals surface area contributed by atoms with E-state index in [1.807, 2.05) is 4.90 Å². The molecule has 19 heavy (non-hydrogen) atoms. The van der Waals surface area contributed by atoms with E-state index in [2.05, 4.69) is 10.3 Å². The Morgan fingerprint density at radius 1 is 1.42 bits per heavy atom. The quantitative estimate of drug-likeness (QED) is 0.836. The number of amides is 1. The van der Waals surface area contributed by atoms with Gasteiger partial charge in [-0.25, -0.2) is 4.98 Å². The number of hydrogen-bond donors (Lipinski definition) is 2. The zero-order valence-electron chi connectivity index (χ0n) is 10.9. The van der Waals surface area contributed by atoms with Crippen LogP contribution in [0.1, 0.15) is 47.8 Å². The van der Waals surface area contributed by atoms with Crippen molar-refractivity contribution in [2.75, 3.05) is 13.2 Å². The summed E-state index contributed by atoms with van der Waals surface area (Å²) < 4.78 is 5.53. The largest absolute Gasteiger partial charge is 0.436 e. The fourth-order valence-electron chi connectivity index (χ4n) is 2.82. The second-order valence-corrected chi connectivity index (χ2v) is 5.28. The van der Waals surface area contributed by atoms with Gasteiger partial charge in [0.15, 0.2) is 0 Å². The third-order valence-electron chi connectivity index (χ3n) is 3.82. The Kier molecular flexibility index (Phi) is 3.52. The predicted molar refractivity (Wildman–Crippen MR) is 67.4 cm³/mol. The monoisotopic (exact) mass is 265 g/mol. The van der Waals surface area contributed by atoms with E-state index in [9.17, 15) is 4.79 Å². The molecule has 0 radical (unpaired) electrons. The van der Waals surface area contributed by atoms with Gasteiger partial charge in [0.25, 0.3) is 5.89 Å². The highest BCUT2D eigenvalue weighted by atomic mass is 16.4. The molecule has 1 aromatic heterocycles. The molecule has 1 saturated carbocycles. The summed E-state index contributed by atoms with van der Waals surface area (Å²) in [6.45, 7) is 2.00. The van der Waals surface area contributed by atoms with Gasteiger partial charge in [0, 0.05) is 19.1 Å². The third-order valence-corrected chi connectivity index (χ3v) is 3.82. The second-order valence-electron chi connectivity index (χ2n) is 5.28. The van der Waals surface area contributed by atoms with Gasteiger partial charge in [0.1, 0.15) is 5.76 Å². The maximum absolute atomic E-state index is 12.0. The van der Waals surface area contributed by atoms with Gasteiger partial charge in [-0.3, -0.25) is 9.69 Å². The van der Waals surface area contributed by atoms with Crippen LogP contribution in [0.5, 0.6) is 0 Å². The average molecular weight is 265 g/mol. The minimum absolute atomic E-state index is 0.124. The molecule has 0 saturated heterocycles. The topological polar surface area (TPSA) is 78.6 Å². The van der Waals surface area contributed by atoms with E-state index in [0.29, 0.717) is 19.6 Å². The molecule has 3 rings (SSSR count). The van der Waals surface area contributed by atoms with Gasteiger partial charge in [-0.05, 0) is 12.8 Å². The van der Waals surface area contributed by atoms with E-state index in [-0.39, 0.29) is 24.4 Å². The van der Waals surface area contributed by atoms with Crippen LogP contribution in [0.25, 0.3) is 0 Å². The average Bonchev–Trinajstić information content (AvgIpc) is 3.04. The summed E-state index contributed by atoms with van der Waals surface area (Å²) in [6, 6.07) is 0.278. The molecule has 6 heteroatoms. The Balaban J connectivity index is 1.61. The SMILES string of the molecule is O=C(NC1CCCC1)c1nc2c(o1)CN(CCO)C2. The molecular weight excluding hydrogens is 246 g/mol. The highest BCUT2D eigenvalue weighted by Crippen LogP contribution is 2.23. The Bertz CT molecular complexity index is 442. The molecule has 0 aromatic carbocycles. The van der Waals surface area contributed by atoms with E-state index in [1.54, 1.807) is 0 Å². The van der Waals surface area contributed by atoms with Crippen molar-refractivity contribution in [1.29, 1.82) is 0 Å². The van der Waals surface area contributed by atoms with Crippen molar-refractivity contribution in [3.05, 3.63) is 17.3 Å². The van der Waals surface area contributed by atoms with Gasteiger partial charge >= 0.3 is 5.91 Å². The van der Waals surface area contributed by atoms with Crippen LogP contribution in [0.3, 0.4) is 0 Å². The van der Waals surface area contributed by atoms with Crippen molar-refractivity contribution >= 4 is 5.91 Å². The predicted octanol–water partition coefficient (Wildman–Crippen LogP) is 0.655. The first-order valence-electron chi connectivity index (χ1n) is 6.89. The zero-order valence-corrected chi connectivity index (χ0v) is 10.9. The molecule has 2 N–H and O–H groups in total. The van der Waals surface area contributed by atoms with Crippen LogP contribution in [-0.4, -0.2) is 40.1 Å². The molecular formula is C13H19N3O3. The summed E-state index contributed by atoms with van der Waals surface area (Å²) in [7, 11) is 0. The fraction of sp³-hybridized carbons (Fsp3) is 0.692. The molecule has 0 atom stereocenters. The van der Waals surface area contributed by atoms with Crippen LogP contribution in [-0.2, 0) is 13.1 Å². The smallest absolute Gasteiger partial charge is 0.307 e. The van der Waals surface area contributed by atoms with Crippen molar-refractivity contribution in [2.45, 2.75) is 44.8 Å². The number of β-amino-alcohol motifs (C(OH)–C–C–N with tert-alkyl or cyclic N) is 1. The van der Waals surface area contributed by atoms with E-state index < -0.39 is 0 Å². The van der Waals surface area contributed by atoms with Crippen molar-refractivity contribution in [2.24, 2.45) is 0 Å². The number of fused-ring (bicyclic) bond motifs is 1. The number of rotatable bonds is 4. The highest BCUT2D eigenvalue weighted by Gasteiger charge is 2.28. The summed E-state index contributed by atoms with van der Waals surface area (Å²) >= 11 is 0. The van der Waals surface area contributed by atoms with Gasteiger partial charge in [-0.2, -0.15) is 0 Å². The molecule has 0 bridgehead atoms. The van der Waals surface area contributed by atoms with Crippen molar-refractivity contribution in [1.82, 2.24) is 15.2 Å². The summed E-state index contributed by atoms with van der Waals surface area (Å²) in [5.41, 5.74) is 0.824. The number of aromatic nitrogens is 1. The van der Waals surface area contributed by atoms with Crippen LogP contribution in [0.4, 0.5) is 0 Å². The van der Waals surface area contributed by atoms with Crippen LogP contribution in [0, 0.1) is 0 Å². The highest BCUT2D eigenvalue weighted by molar-refractivity contribution is 5.89. The van der Waals surface area contributed by atoms with Gasteiger partial charge in [-0.1, -0.05) is 12.8 Å². The molecule has 1 aromatic rings. The Hall–Kier alpha value is -1.40. The molecule has 1 aliphatic heterocycles. The van der Waals surface area contributed by atoms with Crippen molar-refractivity contribution in [3.8, 4) is 0 Å². The van der Waals surface area contributed by atoms with E-state index in [4.69, 9.17) is 9.52 Å². The minimum atomic E-state index is -0.199. The van der Waals surface area contributed by atoms with Gasteiger partial charge in [0.2, 0.25) is 0 Å². The third kappa shape index (κ3) is 2.64. The Labute approximate surface area is 111 Å². The number of aliphatic hydroxyl groups excluding tert-OH is 1. The van der Waals surface area contributed by atoms with Crippen LogP contribution < -0.4 is 5.32 Å². The summed E-state index contributed by atoms with van der Waals surface area (Å²) in [6.07, 6.45) is 4.47. The molecule has 104 valence electrons. The molecule has 6 nitrogen and oxygen atoms in total. The second kappa shape index (κ2) is 5.30. The first kappa shape index (κ1) is 12.6. The lowest BCUT2D eigenvalue weighted by Crippen LogP contribution is -2.33. The lowest BCUT2D eigenvalue weighted by molar-refractivity contribution is 0.0897. The van der Waals surface area contributed by atoms with Crippen LogP contribution >= 0.6 is 0 Å². The molecule has 1 fully saturated rings. The normalized spacial score (nSPS) is 19.8. The van der Waals surface area contributed by atoms with Crippen LogP contribution in [0.15, 0.2) is 4.42 Å². The minimum Gasteiger partial charge on any atom is -0.436 e. The summed E-state index contributed by atoms with van der Waals surface area (Å²) in [5.74, 6) is 0.737. The molecule has 0 unspecified atom stereocenters. The summed E-state index contributed by atoms with van der Waals surface area (Å²) in [5, 5.41) is 11.9. The summed E-state index contributed by atoms with van der Waals surface area (Å²) in [4.78, 5) is 18.3. The first-order valence-corrected chi connectivity index (χ1v) is 6.89. The van der Waals surface area contributed by atoms with Gasteiger partial charge in [-0.15, -0.1) is 0 Å².